The Morgan fingerprint density at radius 3 is 2.52 bits per heavy atom. The van der Waals surface area contributed by atoms with Crippen molar-refractivity contribution in [3.63, 3.8) is 0 Å². The summed E-state index contributed by atoms with van der Waals surface area (Å²) in [5.74, 6) is -0.411. The molecule has 0 aliphatic heterocycles. The van der Waals surface area contributed by atoms with Crippen LogP contribution in [0.4, 0.5) is 24.5 Å². The van der Waals surface area contributed by atoms with Crippen molar-refractivity contribution in [2.24, 2.45) is 9.98 Å². The van der Waals surface area contributed by atoms with Crippen molar-refractivity contribution in [1.82, 2.24) is 14.3 Å². The summed E-state index contributed by atoms with van der Waals surface area (Å²) < 4.78 is 43.9. The van der Waals surface area contributed by atoms with E-state index in [9.17, 15) is 18.0 Å². The zero-order chi connectivity index (χ0) is 22.6. The molecule has 0 unspecified atom stereocenters. The van der Waals surface area contributed by atoms with Gasteiger partial charge in [0.1, 0.15) is 11.4 Å². The first kappa shape index (κ1) is 22.0. The van der Waals surface area contributed by atoms with Gasteiger partial charge in [0.05, 0.1) is 19.3 Å². The summed E-state index contributed by atoms with van der Waals surface area (Å²) in [5.41, 5.74) is 1.09. The number of aliphatic hydroxyl groups is 1. The average Bonchev–Trinajstić information content (AvgIpc) is 3.18. The van der Waals surface area contributed by atoms with Crippen LogP contribution in [-0.4, -0.2) is 45.4 Å². The predicted octanol–water partition coefficient (Wildman–Crippen LogP) is 3.65. The maximum absolute atomic E-state index is 13.0. The molecule has 2 aromatic heterocycles. The molecule has 0 aliphatic rings. The van der Waals surface area contributed by atoms with Crippen LogP contribution in [0.15, 0.2) is 57.6 Å². The lowest BCUT2D eigenvalue weighted by Crippen LogP contribution is -2.19. The highest BCUT2D eigenvalue weighted by molar-refractivity contribution is 5.85. The summed E-state index contributed by atoms with van der Waals surface area (Å²) in [6.45, 7) is 5.33. The molecular formula is C20H18F3N5O3. The standard InChI is InChI=1S/C20H18F3N5O3/c1-3-25-18-17(24-2)16(13-10-26-27(11-13)8-9-29)12-28(19(18)30)14-4-6-15(7-5-14)31-20(21,22)23/h3-7,10-12,29H,2,8-9H2,1H3. The van der Waals surface area contributed by atoms with Crippen LogP contribution in [0.25, 0.3) is 16.8 Å². The summed E-state index contributed by atoms with van der Waals surface area (Å²) in [5, 5.41) is 13.3. The Morgan fingerprint density at radius 1 is 1.23 bits per heavy atom. The molecule has 8 nitrogen and oxygen atoms in total. The van der Waals surface area contributed by atoms with Crippen LogP contribution >= 0.6 is 0 Å². The first-order valence-corrected chi connectivity index (χ1v) is 9.02. The Kier molecular flexibility index (Phi) is 6.35. The van der Waals surface area contributed by atoms with Gasteiger partial charge in [-0.25, -0.2) is 0 Å². The number of benzene rings is 1. The molecule has 0 radical (unpaired) electrons. The predicted molar refractivity (Wildman–Crippen MR) is 110 cm³/mol. The van der Waals surface area contributed by atoms with Crippen LogP contribution in [0.5, 0.6) is 5.75 Å². The van der Waals surface area contributed by atoms with Gasteiger partial charge in [-0.05, 0) is 37.9 Å². The molecule has 11 heteroatoms. The van der Waals surface area contributed by atoms with Gasteiger partial charge in [-0.15, -0.1) is 13.2 Å². The minimum absolute atomic E-state index is 0.0144. The number of aliphatic hydroxyl groups excluding tert-OH is 1. The molecule has 2 heterocycles. The lowest BCUT2D eigenvalue weighted by atomic mass is 10.1. The molecule has 1 aromatic carbocycles. The molecule has 0 amide bonds. The largest absolute Gasteiger partial charge is 0.573 e. The fourth-order valence-electron chi connectivity index (χ4n) is 2.94. The summed E-state index contributed by atoms with van der Waals surface area (Å²) in [4.78, 5) is 21.1. The molecule has 0 saturated heterocycles. The van der Waals surface area contributed by atoms with Gasteiger partial charge in [0.25, 0.3) is 5.56 Å². The molecule has 0 spiro atoms. The molecule has 0 fully saturated rings. The van der Waals surface area contributed by atoms with E-state index in [1.807, 2.05) is 0 Å². The number of ether oxygens (including phenoxy) is 1. The van der Waals surface area contributed by atoms with Crippen molar-refractivity contribution >= 4 is 24.3 Å². The van der Waals surface area contributed by atoms with Crippen molar-refractivity contribution in [2.45, 2.75) is 19.8 Å². The topological polar surface area (TPSA) is 94.0 Å². The van der Waals surface area contributed by atoms with E-state index in [1.165, 1.54) is 40.0 Å². The lowest BCUT2D eigenvalue weighted by Gasteiger charge is -2.14. The molecule has 31 heavy (non-hydrogen) atoms. The van der Waals surface area contributed by atoms with E-state index >= 15 is 0 Å². The van der Waals surface area contributed by atoms with Crippen molar-refractivity contribution in [3.8, 4) is 22.6 Å². The number of hydrogen-bond acceptors (Lipinski definition) is 6. The minimum Gasteiger partial charge on any atom is -0.406 e. The summed E-state index contributed by atoms with van der Waals surface area (Å²) in [6, 6.07) is 4.86. The number of pyridine rings is 1. The molecule has 3 rings (SSSR count). The maximum Gasteiger partial charge on any atom is 0.573 e. The van der Waals surface area contributed by atoms with Gasteiger partial charge in [0.15, 0.2) is 5.69 Å². The number of aromatic nitrogens is 3. The van der Waals surface area contributed by atoms with Gasteiger partial charge < -0.3 is 9.84 Å². The molecule has 162 valence electrons. The second-order valence-corrected chi connectivity index (χ2v) is 6.22. The fraction of sp³-hybridized carbons (Fsp3) is 0.200. The molecule has 0 bridgehead atoms. The third-order valence-corrected chi connectivity index (χ3v) is 4.20. The maximum atomic E-state index is 13.0. The quantitative estimate of drug-likeness (QED) is 0.576. The first-order chi connectivity index (χ1) is 14.8. The first-order valence-electron chi connectivity index (χ1n) is 9.02. The monoisotopic (exact) mass is 433 g/mol. The van der Waals surface area contributed by atoms with Crippen LogP contribution in [-0.2, 0) is 6.54 Å². The summed E-state index contributed by atoms with van der Waals surface area (Å²) >= 11 is 0. The third kappa shape index (κ3) is 4.89. The normalized spacial score (nSPS) is 11.8. The van der Waals surface area contributed by atoms with Crippen LogP contribution in [0.1, 0.15) is 6.92 Å². The Bertz CT molecular complexity index is 1160. The fourth-order valence-corrected chi connectivity index (χ4v) is 2.94. The third-order valence-electron chi connectivity index (χ3n) is 4.20. The van der Waals surface area contributed by atoms with Gasteiger partial charge in [-0.3, -0.25) is 24.0 Å². The van der Waals surface area contributed by atoms with Gasteiger partial charge >= 0.3 is 6.36 Å². The highest BCUT2D eigenvalue weighted by atomic mass is 19.4. The van der Waals surface area contributed by atoms with E-state index in [1.54, 1.807) is 13.1 Å². The molecule has 0 aliphatic carbocycles. The van der Waals surface area contributed by atoms with Crippen molar-refractivity contribution < 1.29 is 23.0 Å². The zero-order valence-corrected chi connectivity index (χ0v) is 16.4. The van der Waals surface area contributed by atoms with Crippen LogP contribution in [0, 0.1) is 0 Å². The molecule has 0 saturated carbocycles. The zero-order valence-electron chi connectivity index (χ0n) is 16.4. The van der Waals surface area contributed by atoms with E-state index in [0.717, 1.165) is 12.1 Å². The SMILES string of the molecule is C=Nc1c(-c2cnn(CCO)c2)cn(-c2ccc(OC(F)(F)F)cc2)c(=O)c1N=CC. The van der Waals surface area contributed by atoms with E-state index in [4.69, 9.17) is 5.11 Å². The molecular weight excluding hydrogens is 415 g/mol. The molecule has 3 aromatic rings. The molecule has 1 N–H and O–H groups in total. The Morgan fingerprint density at radius 2 is 1.94 bits per heavy atom. The van der Waals surface area contributed by atoms with Gasteiger partial charge in [-0.1, -0.05) is 0 Å². The van der Waals surface area contributed by atoms with E-state index < -0.39 is 17.7 Å². The van der Waals surface area contributed by atoms with Crippen LogP contribution in [0.3, 0.4) is 0 Å². The average molecular weight is 433 g/mol. The number of rotatable bonds is 7. The van der Waals surface area contributed by atoms with Crippen LogP contribution < -0.4 is 10.3 Å². The summed E-state index contributed by atoms with van der Waals surface area (Å²) in [7, 11) is 0. The smallest absolute Gasteiger partial charge is 0.406 e. The van der Waals surface area contributed by atoms with Crippen LogP contribution in [0.2, 0.25) is 0 Å². The van der Waals surface area contributed by atoms with Crippen molar-refractivity contribution in [1.29, 1.82) is 0 Å². The number of hydrogen-bond donors (Lipinski definition) is 1. The van der Waals surface area contributed by atoms with E-state index in [0.29, 0.717) is 16.8 Å². The molecule has 0 atom stereocenters. The number of alkyl halides is 3. The van der Waals surface area contributed by atoms with E-state index in [-0.39, 0.29) is 24.5 Å². The van der Waals surface area contributed by atoms with E-state index in [2.05, 4.69) is 26.5 Å². The van der Waals surface area contributed by atoms with Crippen molar-refractivity contribution in [2.75, 3.05) is 6.61 Å². The number of nitrogens with zero attached hydrogens (tertiary/aromatic N) is 5. The van der Waals surface area contributed by atoms with Crippen molar-refractivity contribution in [3.05, 3.63) is 53.2 Å². The summed E-state index contributed by atoms with van der Waals surface area (Å²) in [6.07, 6.45) is 1.29. The van der Waals surface area contributed by atoms with Gasteiger partial charge in [0.2, 0.25) is 0 Å². The van der Waals surface area contributed by atoms with Gasteiger partial charge in [0, 0.05) is 35.4 Å². The van der Waals surface area contributed by atoms with Gasteiger partial charge in [-0.2, -0.15) is 5.10 Å². The Labute approximate surface area is 174 Å². The second-order valence-electron chi connectivity index (χ2n) is 6.22. The number of aliphatic imine (C=N–C) groups is 2. The Balaban J connectivity index is 2.17. The number of halogens is 3. The minimum atomic E-state index is -4.82. The lowest BCUT2D eigenvalue weighted by molar-refractivity contribution is -0.274. The highest BCUT2D eigenvalue weighted by Gasteiger charge is 2.31. The second kappa shape index (κ2) is 8.96. The Hall–Kier alpha value is -3.73. The highest BCUT2D eigenvalue weighted by Crippen LogP contribution is 2.36.